The van der Waals surface area contributed by atoms with Crippen LogP contribution in [0.25, 0.3) is 0 Å². The molecule has 7 nitrogen and oxygen atoms in total. The molecule has 8 heteroatoms. The molecular formula is C16H29IN6O. The van der Waals surface area contributed by atoms with E-state index in [1.165, 1.54) is 0 Å². The van der Waals surface area contributed by atoms with Crippen molar-refractivity contribution in [3.8, 4) is 0 Å². The summed E-state index contributed by atoms with van der Waals surface area (Å²) in [6.07, 6.45) is 2.34. The Kier molecular flexibility index (Phi) is 6.66. The number of hydrogen-bond donors (Lipinski definition) is 2. The Morgan fingerprint density at radius 3 is 2.58 bits per heavy atom. The Bertz CT molecular complexity index is 619. The zero-order valence-electron chi connectivity index (χ0n) is 15.3. The molecule has 0 radical (unpaired) electrons. The number of likely N-dealkylation sites (tertiary alicyclic amines) is 1. The van der Waals surface area contributed by atoms with Crippen LogP contribution in [0.4, 0.5) is 0 Å². The van der Waals surface area contributed by atoms with Crippen LogP contribution in [0.15, 0.2) is 11.2 Å². The number of nitrogens with two attached hydrogens (primary N) is 1. The lowest BCUT2D eigenvalue weighted by Crippen LogP contribution is -2.45. The summed E-state index contributed by atoms with van der Waals surface area (Å²) < 4.78 is 1.84. The Hall–Kier alpha value is -1.32. The first-order chi connectivity index (χ1) is 10.6. The minimum Gasteiger partial charge on any atom is -0.370 e. The molecule has 1 aliphatic rings. The summed E-state index contributed by atoms with van der Waals surface area (Å²) in [4.78, 5) is 18.4. The third kappa shape index (κ3) is 4.61. The molecule has 1 aliphatic heterocycles. The molecule has 2 rings (SSSR count). The van der Waals surface area contributed by atoms with E-state index < -0.39 is 0 Å². The number of nitrogens with one attached hydrogen (secondary N) is 1. The van der Waals surface area contributed by atoms with Gasteiger partial charge in [0.15, 0.2) is 5.96 Å². The van der Waals surface area contributed by atoms with Gasteiger partial charge in [-0.25, -0.2) is 0 Å². The second kappa shape index (κ2) is 7.71. The van der Waals surface area contributed by atoms with Gasteiger partial charge in [-0.05, 0) is 27.7 Å². The van der Waals surface area contributed by atoms with Crippen LogP contribution in [-0.2, 0) is 11.8 Å². The zero-order chi connectivity index (χ0) is 17.4. The van der Waals surface area contributed by atoms with Crippen molar-refractivity contribution in [1.29, 1.82) is 0 Å². The van der Waals surface area contributed by atoms with Gasteiger partial charge in [-0.15, -0.1) is 24.0 Å². The van der Waals surface area contributed by atoms with Crippen LogP contribution in [0.2, 0.25) is 0 Å². The molecular weight excluding hydrogens is 419 g/mol. The first kappa shape index (κ1) is 20.7. The Labute approximate surface area is 161 Å². The number of halogens is 1. The molecule has 0 aromatic carbocycles. The fourth-order valence-corrected chi connectivity index (χ4v) is 3.02. The zero-order valence-corrected chi connectivity index (χ0v) is 17.7. The van der Waals surface area contributed by atoms with Crippen LogP contribution in [0.5, 0.6) is 0 Å². The highest BCUT2D eigenvalue weighted by molar-refractivity contribution is 14.0. The number of aromatic nitrogens is 2. The monoisotopic (exact) mass is 448 g/mol. The van der Waals surface area contributed by atoms with Gasteiger partial charge in [0.25, 0.3) is 0 Å². The molecule has 2 atom stereocenters. The average Bonchev–Trinajstić information content (AvgIpc) is 2.88. The number of carbonyl (C=O) groups excluding carboxylic acids is 1. The lowest BCUT2D eigenvalue weighted by Gasteiger charge is -2.25. The number of carbonyl (C=O) groups is 1. The first-order valence-corrected chi connectivity index (χ1v) is 7.92. The van der Waals surface area contributed by atoms with Crippen LogP contribution < -0.4 is 11.1 Å². The molecule has 136 valence electrons. The summed E-state index contributed by atoms with van der Waals surface area (Å²) in [6.45, 7) is 8.64. The summed E-state index contributed by atoms with van der Waals surface area (Å²) in [5.41, 5.74) is 7.98. The van der Waals surface area contributed by atoms with Crippen molar-refractivity contribution >= 4 is 35.8 Å². The molecule has 3 N–H and O–H groups in total. The molecule has 1 fully saturated rings. The third-order valence-corrected chi connectivity index (χ3v) is 4.29. The maximum absolute atomic E-state index is 12.2. The van der Waals surface area contributed by atoms with Gasteiger partial charge in [0, 0.05) is 49.8 Å². The summed E-state index contributed by atoms with van der Waals surface area (Å²) in [6, 6.07) is 0.00221. The van der Waals surface area contributed by atoms with Crippen LogP contribution in [-0.4, -0.2) is 45.7 Å². The average molecular weight is 448 g/mol. The van der Waals surface area contributed by atoms with E-state index in [0.717, 1.165) is 11.3 Å². The van der Waals surface area contributed by atoms with Crippen LogP contribution in [0.3, 0.4) is 0 Å². The predicted molar refractivity (Wildman–Crippen MR) is 106 cm³/mol. The van der Waals surface area contributed by atoms with E-state index in [1.807, 2.05) is 52.7 Å². The summed E-state index contributed by atoms with van der Waals surface area (Å²) in [5.74, 6) is 0.665. The van der Waals surface area contributed by atoms with E-state index in [9.17, 15) is 4.79 Å². The molecule has 24 heavy (non-hydrogen) atoms. The van der Waals surface area contributed by atoms with Gasteiger partial charge in [-0.2, -0.15) is 5.10 Å². The molecule has 0 spiro atoms. The normalized spacial score (nSPS) is 21.8. The topological polar surface area (TPSA) is 88.5 Å². The molecule has 1 saturated heterocycles. The lowest BCUT2D eigenvalue weighted by molar-refractivity contribution is -0.127. The number of nitrogens with zero attached hydrogens (tertiary/aromatic N) is 4. The van der Waals surface area contributed by atoms with Crippen molar-refractivity contribution in [2.24, 2.45) is 23.7 Å². The van der Waals surface area contributed by atoms with Crippen molar-refractivity contribution in [3.05, 3.63) is 17.5 Å². The summed E-state index contributed by atoms with van der Waals surface area (Å²) in [7, 11) is 3.76. The van der Waals surface area contributed by atoms with Crippen LogP contribution in [0.1, 0.15) is 44.5 Å². The molecule has 1 aromatic heterocycles. The number of amides is 1. The van der Waals surface area contributed by atoms with E-state index in [0.29, 0.717) is 18.9 Å². The molecule has 1 aromatic rings. The van der Waals surface area contributed by atoms with E-state index in [4.69, 9.17) is 5.73 Å². The van der Waals surface area contributed by atoms with E-state index in [1.54, 1.807) is 4.90 Å². The van der Waals surface area contributed by atoms with Crippen LogP contribution in [0, 0.1) is 12.8 Å². The van der Waals surface area contributed by atoms with Crippen molar-refractivity contribution in [2.45, 2.75) is 45.7 Å². The highest BCUT2D eigenvalue weighted by atomic mass is 127. The first-order valence-electron chi connectivity index (χ1n) is 7.92. The number of guanidine groups is 1. The van der Waals surface area contributed by atoms with Gasteiger partial charge < -0.3 is 16.0 Å². The standard InChI is InChI=1S/C16H28N6O.HI/c1-10-12(9-19-22(10)6)14-11(7-13(23)21(14)5)8-18-15(17)20-16(2,3)4;/h9,11,14H,7-8H2,1-6H3,(H3,17,18,20);1H/t11-,14+;/m0./s1. The SMILES string of the molecule is Cc1c([C@H]2[C@H](CN=C(N)NC(C)(C)C)CC(=O)N2C)cnn1C.I. The van der Waals surface area contributed by atoms with Crippen molar-refractivity contribution in [1.82, 2.24) is 20.0 Å². The van der Waals surface area contributed by atoms with Gasteiger partial charge >= 0.3 is 0 Å². The van der Waals surface area contributed by atoms with Gasteiger partial charge in [-0.1, -0.05) is 0 Å². The minimum atomic E-state index is -0.130. The molecule has 0 aliphatic carbocycles. The number of aryl methyl sites for hydroxylation is 1. The summed E-state index contributed by atoms with van der Waals surface area (Å²) >= 11 is 0. The predicted octanol–water partition coefficient (Wildman–Crippen LogP) is 1.57. The second-order valence-electron chi connectivity index (χ2n) is 7.32. The summed E-state index contributed by atoms with van der Waals surface area (Å²) in [5, 5.41) is 7.45. The van der Waals surface area contributed by atoms with Crippen molar-refractivity contribution < 1.29 is 4.79 Å². The molecule has 2 heterocycles. The Balaban J connectivity index is 0.00000288. The molecule has 0 unspecified atom stereocenters. The van der Waals surface area contributed by atoms with Gasteiger partial charge in [0.1, 0.15) is 0 Å². The Morgan fingerprint density at radius 1 is 1.46 bits per heavy atom. The Morgan fingerprint density at radius 2 is 2.08 bits per heavy atom. The van der Waals surface area contributed by atoms with E-state index >= 15 is 0 Å². The third-order valence-electron chi connectivity index (χ3n) is 4.29. The fourth-order valence-electron chi connectivity index (χ4n) is 3.02. The lowest BCUT2D eigenvalue weighted by atomic mass is 9.94. The largest absolute Gasteiger partial charge is 0.370 e. The maximum atomic E-state index is 12.2. The molecule has 0 bridgehead atoms. The van der Waals surface area contributed by atoms with Crippen molar-refractivity contribution in [2.75, 3.05) is 13.6 Å². The fraction of sp³-hybridized carbons (Fsp3) is 0.688. The van der Waals surface area contributed by atoms with E-state index in [-0.39, 0.29) is 47.4 Å². The highest BCUT2D eigenvalue weighted by Gasteiger charge is 2.39. The van der Waals surface area contributed by atoms with E-state index in [2.05, 4.69) is 15.4 Å². The minimum absolute atomic E-state index is 0. The second-order valence-corrected chi connectivity index (χ2v) is 7.32. The van der Waals surface area contributed by atoms with Gasteiger partial charge in [0.05, 0.1) is 12.2 Å². The quantitative estimate of drug-likeness (QED) is 0.418. The molecule has 0 saturated carbocycles. The number of hydrogen-bond acceptors (Lipinski definition) is 3. The highest BCUT2D eigenvalue weighted by Crippen LogP contribution is 2.38. The van der Waals surface area contributed by atoms with Gasteiger partial charge in [0.2, 0.25) is 5.91 Å². The maximum Gasteiger partial charge on any atom is 0.223 e. The van der Waals surface area contributed by atoms with Crippen molar-refractivity contribution in [3.63, 3.8) is 0 Å². The smallest absolute Gasteiger partial charge is 0.223 e. The van der Waals surface area contributed by atoms with Gasteiger partial charge in [-0.3, -0.25) is 14.5 Å². The number of aliphatic imine (C=N–C) groups is 1. The molecule has 1 amide bonds. The van der Waals surface area contributed by atoms with Crippen LogP contribution >= 0.6 is 24.0 Å². The number of rotatable bonds is 3.